The van der Waals surface area contributed by atoms with Crippen LogP contribution in [0.25, 0.3) is 0 Å². The van der Waals surface area contributed by atoms with Crippen LogP contribution >= 0.6 is 0 Å². The molecular weight excluding hydrogens is 188 g/mol. The van der Waals surface area contributed by atoms with Crippen molar-refractivity contribution in [2.45, 2.75) is 45.8 Å². The van der Waals surface area contributed by atoms with Gasteiger partial charge >= 0.3 is 0 Å². The first-order valence-electron chi connectivity index (χ1n) is 6.19. The highest BCUT2D eigenvalue weighted by Crippen LogP contribution is 2.20. The molecule has 1 aliphatic heterocycles. The molecule has 3 heteroatoms. The lowest BCUT2D eigenvalue weighted by atomic mass is 10.1. The minimum atomic E-state index is 0.435. The van der Waals surface area contributed by atoms with Crippen molar-refractivity contribution >= 4 is 0 Å². The van der Waals surface area contributed by atoms with Crippen molar-refractivity contribution in [2.75, 3.05) is 26.2 Å². The molecule has 0 amide bonds. The van der Waals surface area contributed by atoms with Crippen molar-refractivity contribution in [3.05, 3.63) is 0 Å². The molecule has 0 bridgehead atoms. The summed E-state index contributed by atoms with van der Waals surface area (Å²) >= 11 is 0. The number of hydrogen-bond acceptors (Lipinski definition) is 3. The van der Waals surface area contributed by atoms with Crippen LogP contribution in [-0.2, 0) is 4.74 Å². The molecule has 0 radical (unpaired) electrons. The lowest BCUT2D eigenvalue weighted by molar-refractivity contribution is 0.0298. The monoisotopic (exact) mass is 214 g/mol. The van der Waals surface area contributed by atoms with Crippen molar-refractivity contribution in [3.8, 4) is 0 Å². The van der Waals surface area contributed by atoms with E-state index in [1.807, 2.05) is 0 Å². The van der Waals surface area contributed by atoms with E-state index < -0.39 is 0 Å². The molecule has 0 spiro atoms. The summed E-state index contributed by atoms with van der Waals surface area (Å²) in [7, 11) is 0. The van der Waals surface area contributed by atoms with Crippen molar-refractivity contribution < 1.29 is 4.74 Å². The van der Waals surface area contributed by atoms with Crippen LogP contribution in [-0.4, -0.2) is 43.3 Å². The maximum Gasteiger partial charge on any atom is 0.0706 e. The Bertz CT molecular complexity index is 173. The van der Waals surface area contributed by atoms with Gasteiger partial charge in [-0.2, -0.15) is 0 Å². The summed E-state index contributed by atoms with van der Waals surface area (Å²) in [4.78, 5) is 2.44. The summed E-state index contributed by atoms with van der Waals surface area (Å²) in [5, 5.41) is 0. The molecule has 0 saturated carbocycles. The number of hydrogen-bond donors (Lipinski definition) is 1. The topological polar surface area (TPSA) is 38.5 Å². The van der Waals surface area contributed by atoms with Crippen molar-refractivity contribution in [1.29, 1.82) is 0 Å². The van der Waals surface area contributed by atoms with E-state index in [0.29, 0.717) is 18.1 Å². The predicted molar refractivity (Wildman–Crippen MR) is 63.9 cm³/mol. The van der Waals surface area contributed by atoms with Crippen LogP contribution < -0.4 is 5.73 Å². The fourth-order valence-corrected chi connectivity index (χ4v) is 2.26. The predicted octanol–water partition coefficient (Wildman–Crippen LogP) is 1.47. The molecule has 1 rings (SSSR count). The highest BCUT2D eigenvalue weighted by molar-refractivity contribution is 4.75. The molecule has 1 heterocycles. The van der Waals surface area contributed by atoms with E-state index in [-0.39, 0.29) is 0 Å². The fourth-order valence-electron chi connectivity index (χ4n) is 2.26. The van der Waals surface area contributed by atoms with Gasteiger partial charge in [-0.1, -0.05) is 13.8 Å². The fraction of sp³-hybridized carbons (Fsp3) is 1.00. The molecule has 2 N–H and O–H groups in total. The van der Waals surface area contributed by atoms with Gasteiger partial charge in [-0.3, -0.25) is 4.90 Å². The zero-order valence-electron chi connectivity index (χ0n) is 10.4. The average molecular weight is 214 g/mol. The van der Waals surface area contributed by atoms with Gasteiger partial charge in [-0.15, -0.1) is 0 Å². The Kier molecular flexibility index (Phi) is 5.58. The SMILES string of the molecule is CC(C)CN(CCN)CC1CCC(C)O1. The largest absolute Gasteiger partial charge is 0.374 e. The Hall–Kier alpha value is -0.120. The maximum absolute atomic E-state index is 5.84. The third kappa shape index (κ3) is 4.96. The number of rotatable bonds is 6. The minimum absolute atomic E-state index is 0.435. The lowest BCUT2D eigenvalue weighted by Crippen LogP contribution is -2.38. The highest BCUT2D eigenvalue weighted by atomic mass is 16.5. The molecule has 3 nitrogen and oxygen atoms in total. The second kappa shape index (κ2) is 6.46. The van der Waals surface area contributed by atoms with Crippen LogP contribution in [0.5, 0.6) is 0 Å². The Balaban J connectivity index is 2.30. The summed E-state index contributed by atoms with van der Waals surface area (Å²) in [5.74, 6) is 0.704. The van der Waals surface area contributed by atoms with E-state index in [1.165, 1.54) is 12.8 Å². The van der Waals surface area contributed by atoms with Gasteiger partial charge in [-0.25, -0.2) is 0 Å². The number of ether oxygens (including phenoxy) is 1. The summed E-state index contributed by atoms with van der Waals surface area (Å²) in [6, 6.07) is 0. The van der Waals surface area contributed by atoms with Gasteiger partial charge in [-0.05, 0) is 25.7 Å². The van der Waals surface area contributed by atoms with Gasteiger partial charge in [0.15, 0.2) is 0 Å². The molecule has 1 fully saturated rings. The number of nitrogens with two attached hydrogens (primary N) is 1. The Labute approximate surface area is 94.0 Å². The first-order valence-corrected chi connectivity index (χ1v) is 6.19. The average Bonchev–Trinajstić information content (AvgIpc) is 2.50. The Morgan fingerprint density at radius 1 is 1.40 bits per heavy atom. The maximum atomic E-state index is 5.84. The van der Waals surface area contributed by atoms with Crippen LogP contribution in [0.1, 0.15) is 33.6 Å². The zero-order chi connectivity index (χ0) is 11.3. The van der Waals surface area contributed by atoms with Crippen LogP contribution in [0, 0.1) is 5.92 Å². The van der Waals surface area contributed by atoms with Gasteiger partial charge in [0.2, 0.25) is 0 Å². The van der Waals surface area contributed by atoms with Crippen LogP contribution in [0.15, 0.2) is 0 Å². The molecule has 90 valence electrons. The van der Waals surface area contributed by atoms with Crippen LogP contribution in [0.2, 0.25) is 0 Å². The molecular formula is C12H26N2O. The van der Waals surface area contributed by atoms with E-state index in [4.69, 9.17) is 10.5 Å². The van der Waals surface area contributed by atoms with Gasteiger partial charge in [0.25, 0.3) is 0 Å². The van der Waals surface area contributed by atoms with E-state index in [9.17, 15) is 0 Å². The summed E-state index contributed by atoms with van der Waals surface area (Å²) < 4.78 is 5.84. The molecule has 15 heavy (non-hydrogen) atoms. The van der Waals surface area contributed by atoms with Gasteiger partial charge < -0.3 is 10.5 Å². The summed E-state index contributed by atoms with van der Waals surface area (Å²) in [6.45, 7) is 10.6. The first-order chi connectivity index (χ1) is 7.11. The van der Waals surface area contributed by atoms with E-state index in [0.717, 1.165) is 26.2 Å². The lowest BCUT2D eigenvalue weighted by Gasteiger charge is -2.26. The van der Waals surface area contributed by atoms with Crippen molar-refractivity contribution in [2.24, 2.45) is 11.7 Å². The third-order valence-electron chi connectivity index (χ3n) is 2.85. The molecule has 0 aromatic carbocycles. The molecule has 0 aromatic heterocycles. The van der Waals surface area contributed by atoms with Gasteiger partial charge in [0.05, 0.1) is 12.2 Å². The van der Waals surface area contributed by atoms with Crippen LogP contribution in [0.3, 0.4) is 0 Å². The summed E-state index contributed by atoms with van der Waals surface area (Å²) in [5.41, 5.74) is 5.62. The normalized spacial score (nSPS) is 26.8. The Morgan fingerprint density at radius 3 is 2.60 bits per heavy atom. The van der Waals surface area contributed by atoms with Gasteiger partial charge in [0, 0.05) is 26.2 Å². The van der Waals surface area contributed by atoms with Crippen molar-refractivity contribution in [3.63, 3.8) is 0 Å². The molecule has 0 aliphatic carbocycles. The summed E-state index contributed by atoms with van der Waals surface area (Å²) in [6.07, 6.45) is 3.31. The minimum Gasteiger partial charge on any atom is -0.374 e. The highest BCUT2D eigenvalue weighted by Gasteiger charge is 2.23. The van der Waals surface area contributed by atoms with E-state index in [1.54, 1.807) is 0 Å². The molecule has 0 aromatic rings. The van der Waals surface area contributed by atoms with E-state index in [2.05, 4.69) is 25.7 Å². The number of nitrogens with zero attached hydrogens (tertiary/aromatic N) is 1. The standard InChI is InChI=1S/C12H26N2O/c1-10(2)8-14(7-6-13)9-12-5-4-11(3)15-12/h10-12H,4-9,13H2,1-3H3. The van der Waals surface area contributed by atoms with Crippen LogP contribution in [0.4, 0.5) is 0 Å². The van der Waals surface area contributed by atoms with Gasteiger partial charge in [0.1, 0.15) is 0 Å². The molecule has 1 aliphatic rings. The third-order valence-corrected chi connectivity index (χ3v) is 2.85. The molecule has 2 atom stereocenters. The molecule has 2 unspecified atom stereocenters. The smallest absolute Gasteiger partial charge is 0.0706 e. The van der Waals surface area contributed by atoms with Crippen molar-refractivity contribution in [1.82, 2.24) is 4.90 Å². The second-order valence-electron chi connectivity index (χ2n) is 5.09. The van der Waals surface area contributed by atoms with E-state index >= 15 is 0 Å². The quantitative estimate of drug-likeness (QED) is 0.727. The zero-order valence-corrected chi connectivity index (χ0v) is 10.4. The Morgan fingerprint density at radius 2 is 2.13 bits per heavy atom. The second-order valence-corrected chi connectivity index (χ2v) is 5.09. The first kappa shape index (κ1) is 12.9. The molecule has 1 saturated heterocycles.